The Balaban J connectivity index is 1.47. The summed E-state index contributed by atoms with van der Waals surface area (Å²) in [7, 11) is 0. The van der Waals surface area contributed by atoms with E-state index in [9.17, 15) is 4.79 Å². The highest BCUT2D eigenvalue weighted by atomic mass is 35.5. The molecule has 0 saturated heterocycles. The summed E-state index contributed by atoms with van der Waals surface area (Å²) in [6, 6.07) is 16.8. The van der Waals surface area contributed by atoms with Gasteiger partial charge in [-0.05, 0) is 62.2 Å². The van der Waals surface area contributed by atoms with Gasteiger partial charge in [-0.2, -0.15) is 10.2 Å². The predicted octanol–water partition coefficient (Wildman–Crippen LogP) is 5.66. The Morgan fingerprint density at radius 1 is 0.906 bits per heavy atom. The van der Waals surface area contributed by atoms with E-state index < -0.39 is 0 Å². The molecule has 2 aromatic carbocycles. The van der Waals surface area contributed by atoms with Crippen LogP contribution in [0.2, 0.25) is 10.0 Å². The van der Waals surface area contributed by atoms with Crippen molar-refractivity contribution >= 4 is 34.9 Å². The molecule has 4 rings (SSSR count). The second kappa shape index (κ2) is 9.18. The first kappa shape index (κ1) is 22.1. The molecule has 0 atom stereocenters. The van der Waals surface area contributed by atoms with E-state index >= 15 is 0 Å². The molecule has 0 unspecified atom stereocenters. The summed E-state index contributed by atoms with van der Waals surface area (Å²) in [4.78, 5) is 12.8. The third kappa shape index (κ3) is 5.03. The van der Waals surface area contributed by atoms with Crippen LogP contribution in [0.15, 0.2) is 54.6 Å². The van der Waals surface area contributed by atoms with Crippen LogP contribution in [-0.4, -0.2) is 25.5 Å². The molecule has 32 heavy (non-hydrogen) atoms. The summed E-state index contributed by atoms with van der Waals surface area (Å²) in [5, 5.41) is 13.1. The molecule has 0 aliphatic heterocycles. The topological polar surface area (TPSA) is 64.7 Å². The van der Waals surface area contributed by atoms with Crippen LogP contribution in [0.25, 0.3) is 0 Å². The highest BCUT2D eigenvalue weighted by Gasteiger charge is 2.12. The number of benzene rings is 2. The maximum Gasteiger partial charge on any atom is 0.256 e. The molecule has 2 aromatic heterocycles. The quantitative estimate of drug-likeness (QED) is 0.397. The number of rotatable bonds is 6. The molecule has 0 spiro atoms. The van der Waals surface area contributed by atoms with Crippen LogP contribution in [0, 0.1) is 20.8 Å². The van der Waals surface area contributed by atoms with Gasteiger partial charge in [0.1, 0.15) is 0 Å². The number of halogens is 2. The zero-order valence-electron chi connectivity index (χ0n) is 18.1. The average Bonchev–Trinajstić information content (AvgIpc) is 3.24. The average molecular weight is 468 g/mol. The van der Waals surface area contributed by atoms with Crippen molar-refractivity contribution in [2.75, 3.05) is 5.32 Å². The Morgan fingerprint density at radius 2 is 1.66 bits per heavy atom. The molecule has 0 aliphatic rings. The lowest BCUT2D eigenvalue weighted by Gasteiger charge is -2.08. The Kier molecular flexibility index (Phi) is 6.35. The van der Waals surface area contributed by atoms with E-state index in [-0.39, 0.29) is 5.91 Å². The van der Waals surface area contributed by atoms with Gasteiger partial charge in [-0.15, -0.1) is 0 Å². The number of nitrogens with one attached hydrogen (secondary N) is 1. The lowest BCUT2D eigenvalue weighted by atomic mass is 10.1. The Bertz CT molecular complexity index is 1290. The normalized spacial score (nSPS) is 11.0. The van der Waals surface area contributed by atoms with Crippen molar-refractivity contribution in [3.05, 3.63) is 98.4 Å². The van der Waals surface area contributed by atoms with Crippen LogP contribution in [0.1, 0.15) is 38.6 Å². The van der Waals surface area contributed by atoms with Crippen LogP contribution in [0.4, 0.5) is 5.82 Å². The largest absolute Gasteiger partial charge is 0.305 e. The molecule has 1 N–H and O–H groups in total. The lowest BCUT2D eigenvalue weighted by Crippen LogP contribution is -2.14. The third-order valence-corrected chi connectivity index (χ3v) is 5.77. The van der Waals surface area contributed by atoms with Gasteiger partial charge < -0.3 is 5.32 Å². The molecule has 1 amide bonds. The number of aromatic nitrogens is 4. The molecule has 0 radical (unpaired) electrons. The Morgan fingerprint density at radius 3 is 2.38 bits per heavy atom. The van der Waals surface area contributed by atoms with Crippen molar-refractivity contribution in [3.63, 3.8) is 0 Å². The number of nitrogens with zero attached hydrogens (tertiary/aromatic N) is 4. The van der Waals surface area contributed by atoms with Crippen LogP contribution < -0.4 is 5.32 Å². The summed E-state index contributed by atoms with van der Waals surface area (Å²) in [6.07, 6.45) is 0. The number of carbonyl (C=O) groups is 1. The number of aryl methyl sites for hydroxylation is 3. The standard InChI is InChI=1S/C24H23Cl2N5O/c1-15-9-16(2)30(28-15)13-18-5-4-6-19(11-18)24(32)27-23-10-17(3)31(29-23)14-20-7-8-21(25)12-22(20)26/h4-12H,13-14H2,1-3H3,(H,27,29,32). The van der Waals surface area contributed by atoms with Crippen molar-refractivity contribution < 1.29 is 4.79 Å². The maximum absolute atomic E-state index is 12.8. The number of hydrogen-bond donors (Lipinski definition) is 1. The van der Waals surface area contributed by atoms with Gasteiger partial charge in [-0.1, -0.05) is 41.4 Å². The molecule has 8 heteroatoms. The second-order valence-corrected chi connectivity index (χ2v) is 8.65. The van der Waals surface area contributed by atoms with Gasteiger partial charge in [-0.3, -0.25) is 14.2 Å². The van der Waals surface area contributed by atoms with E-state index in [1.807, 2.05) is 61.9 Å². The van der Waals surface area contributed by atoms with E-state index in [0.29, 0.717) is 34.5 Å². The number of hydrogen-bond acceptors (Lipinski definition) is 3. The summed E-state index contributed by atoms with van der Waals surface area (Å²) >= 11 is 12.3. The van der Waals surface area contributed by atoms with Crippen molar-refractivity contribution in [2.24, 2.45) is 0 Å². The molecule has 0 saturated carbocycles. The van der Waals surface area contributed by atoms with E-state index in [4.69, 9.17) is 23.2 Å². The van der Waals surface area contributed by atoms with Gasteiger partial charge in [0, 0.05) is 33.1 Å². The lowest BCUT2D eigenvalue weighted by molar-refractivity contribution is 0.102. The molecule has 6 nitrogen and oxygen atoms in total. The molecule has 0 aliphatic carbocycles. The zero-order valence-corrected chi connectivity index (χ0v) is 19.6. The van der Waals surface area contributed by atoms with Gasteiger partial charge in [0.05, 0.1) is 18.8 Å². The van der Waals surface area contributed by atoms with Gasteiger partial charge in [0.15, 0.2) is 5.82 Å². The minimum absolute atomic E-state index is 0.214. The summed E-state index contributed by atoms with van der Waals surface area (Å²) in [5.41, 5.74) is 5.43. The van der Waals surface area contributed by atoms with Crippen molar-refractivity contribution in [1.29, 1.82) is 0 Å². The molecule has 4 aromatic rings. The van der Waals surface area contributed by atoms with Crippen molar-refractivity contribution in [3.8, 4) is 0 Å². The summed E-state index contributed by atoms with van der Waals surface area (Å²) < 4.78 is 3.73. The van der Waals surface area contributed by atoms with Gasteiger partial charge in [-0.25, -0.2) is 0 Å². The predicted molar refractivity (Wildman–Crippen MR) is 128 cm³/mol. The smallest absolute Gasteiger partial charge is 0.256 e. The fourth-order valence-corrected chi connectivity index (χ4v) is 4.02. The highest BCUT2D eigenvalue weighted by molar-refractivity contribution is 6.35. The third-order valence-electron chi connectivity index (χ3n) is 5.18. The molecular weight excluding hydrogens is 445 g/mol. The second-order valence-electron chi connectivity index (χ2n) is 7.80. The van der Waals surface area contributed by atoms with Crippen molar-refractivity contribution in [2.45, 2.75) is 33.9 Å². The van der Waals surface area contributed by atoms with Crippen molar-refractivity contribution in [1.82, 2.24) is 19.6 Å². The fourth-order valence-electron chi connectivity index (χ4n) is 3.55. The van der Waals surface area contributed by atoms with Gasteiger partial charge >= 0.3 is 0 Å². The number of amides is 1. The minimum atomic E-state index is -0.214. The molecule has 164 valence electrons. The molecule has 0 fully saturated rings. The van der Waals surface area contributed by atoms with Crippen LogP contribution in [0.5, 0.6) is 0 Å². The molecular formula is C24H23Cl2N5O. The first-order valence-corrected chi connectivity index (χ1v) is 10.9. The van der Waals surface area contributed by atoms with Crippen LogP contribution >= 0.6 is 23.2 Å². The van der Waals surface area contributed by atoms with E-state index in [1.165, 1.54) is 0 Å². The molecule has 2 heterocycles. The number of carbonyl (C=O) groups excluding carboxylic acids is 1. The first-order valence-electron chi connectivity index (χ1n) is 10.2. The van der Waals surface area contributed by atoms with E-state index in [0.717, 1.165) is 28.2 Å². The molecule has 0 bridgehead atoms. The van der Waals surface area contributed by atoms with Crippen LogP contribution in [0.3, 0.4) is 0 Å². The fraction of sp³-hybridized carbons (Fsp3) is 0.208. The van der Waals surface area contributed by atoms with E-state index in [2.05, 4.69) is 15.5 Å². The Hall–Kier alpha value is -3.09. The zero-order chi connectivity index (χ0) is 22.8. The monoisotopic (exact) mass is 467 g/mol. The van der Waals surface area contributed by atoms with Gasteiger partial charge in [0.2, 0.25) is 0 Å². The summed E-state index contributed by atoms with van der Waals surface area (Å²) in [5.74, 6) is 0.274. The van der Waals surface area contributed by atoms with Gasteiger partial charge in [0.25, 0.3) is 5.91 Å². The highest BCUT2D eigenvalue weighted by Crippen LogP contribution is 2.23. The number of anilines is 1. The first-order chi connectivity index (χ1) is 15.3. The Labute approximate surface area is 196 Å². The maximum atomic E-state index is 12.8. The minimum Gasteiger partial charge on any atom is -0.305 e. The summed E-state index contributed by atoms with van der Waals surface area (Å²) in [6.45, 7) is 7.01. The SMILES string of the molecule is Cc1cc(C)n(Cc2cccc(C(=O)Nc3cc(C)n(Cc4ccc(Cl)cc4Cl)n3)c2)n1. The van der Waals surface area contributed by atoms with Crippen LogP contribution in [-0.2, 0) is 13.1 Å². The van der Waals surface area contributed by atoms with E-state index in [1.54, 1.807) is 22.9 Å².